The second-order valence-electron chi connectivity index (χ2n) is 5.90. The smallest absolute Gasteiger partial charge is 0.125 e. The number of benzene rings is 1. The minimum atomic E-state index is 0.133. The summed E-state index contributed by atoms with van der Waals surface area (Å²) in [7, 11) is 0. The molecule has 2 rings (SSSR count). The fraction of sp³-hybridized carbons (Fsp3) is 0.444. The predicted molar refractivity (Wildman–Crippen MR) is 83.7 cm³/mol. The fourth-order valence-electron chi connectivity index (χ4n) is 2.39. The van der Waals surface area contributed by atoms with E-state index in [1.54, 1.807) is 6.26 Å². The Bertz CT molecular complexity index is 475. The molecule has 0 saturated carbocycles. The van der Waals surface area contributed by atoms with Crippen LogP contribution in [0.1, 0.15) is 51.0 Å². The molecule has 2 nitrogen and oxygen atoms in total. The lowest BCUT2D eigenvalue weighted by Crippen LogP contribution is -2.31. The van der Waals surface area contributed by atoms with E-state index in [2.05, 4.69) is 50.4 Å². The topological polar surface area (TPSA) is 25.2 Å². The molecule has 2 heteroatoms. The van der Waals surface area contributed by atoms with Gasteiger partial charge in [0.25, 0.3) is 0 Å². The highest BCUT2D eigenvalue weighted by atomic mass is 16.3. The Labute approximate surface area is 122 Å². The van der Waals surface area contributed by atoms with Gasteiger partial charge in [-0.25, -0.2) is 0 Å². The Kier molecular flexibility index (Phi) is 5.42. The van der Waals surface area contributed by atoms with Gasteiger partial charge in [0, 0.05) is 6.04 Å². The van der Waals surface area contributed by atoms with Crippen LogP contribution in [0.3, 0.4) is 0 Å². The monoisotopic (exact) mass is 271 g/mol. The molecule has 0 radical (unpaired) electrons. The number of hydrogen-bond acceptors (Lipinski definition) is 2. The average Bonchev–Trinajstić information content (AvgIpc) is 2.97. The van der Waals surface area contributed by atoms with Crippen molar-refractivity contribution in [1.29, 1.82) is 0 Å². The van der Waals surface area contributed by atoms with Gasteiger partial charge in [-0.3, -0.25) is 0 Å². The molecule has 0 bridgehead atoms. The van der Waals surface area contributed by atoms with Gasteiger partial charge in [-0.2, -0.15) is 0 Å². The zero-order valence-electron chi connectivity index (χ0n) is 12.7. The first-order chi connectivity index (χ1) is 9.66. The molecule has 20 heavy (non-hydrogen) atoms. The second-order valence-corrected chi connectivity index (χ2v) is 5.90. The van der Waals surface area contributed by atoms with E-state index in [4.69, 9.17) is 4.42 Å². The molecule has 0 amide bonds. The first-order valence-electron chi connectivity index (χ1n) is 7.51. The molecule has 2 aromatic rings. The number of hydrogen-bond donors (Lipinski definition) is 1. The molecular formula is C18H25NO. The van der Waals surface area contributed by atoms with Gasteiger partial charge in [0.15, 0.2) is 0 Å². The Morgan fingerprint density at radius 2 is 1.70 bits per heavy atom. The average molecular weight is 271 g/mol. The van der Waals surface area contributed by atoms with Crippen LogP contribution >= 0.6 is 0 Å². The van der Waals surface area contributed by atoms with Crippen molar-refractivity contribution in [2.24, 2.45) is 5.92 Å². The van der Waals surface area contributed by atoms with Crippen molar-refractivity contribution in [3.63, 3.8) is 0 Å². The molecule has 0 saturated heterocycles. The summed E-state index contributed by atoms with van der Waals surface area (Å²) in [6.07, 6.45) is 4.17. The molecule has 1 N–H and O–H groups in total. The maximum absolute atomic E-state index is 5.61. The minimum Gasteiger partial charge on any atom is -0.467 e. The highest BCUT2D eigenvalue weighted by Gasteiger charge is 2.18. The Morgan fingerprint density at radius 1 is 0.950 bits per heavy atom. The van der Waals surface area contributed by atoms with Crippen LogP contribution in [0.5, 0.6) is 0 Å². The van der Waals surface area contributed by atoms with Crippen LogP contribution in [0.4, 0.5) is 0 Å². The number of nitrogens with one attached hydrogen (secondary N) is 1. The van der Waals surface area contributed by atoms with E-state index < -0.39 is 0 Å². The van der Waals surface area contributed by atoms with Crippen LogP contribution in [0.2, 0.25) is 0 Å². The van der Waals surface area contributed by atoms with E-state index in [-0.39, 0.29) is 6.04 Å². The van der Waals surface area contributed by atoms with Gasteiger partial charge in [-0.15, -0.1) is 0 Å². The van der Waals surface area contributed by atoms with Gasteiger partial charge in [0.2, 0.25) is 0 Å². The lowest BCUT2D eigenvalue weighted by Gasteiger charge is -2.23. The molecule has 0 aliphatic heterocycles. The molecule has 1 aromatic carbocycles. The highest BCUT2D eigenvalue weighted by Crippen LogP contribution is 2.23. The maximum Gasteiger partial charge on any atom is 0.125 e. The van der Waals surface area contributed by atoms with Crippen LogP contribution < -0.4 is 5.32 Å². The molecule has 0 aliphatic rings. The first kappa shape index (κ1) is 14.9. The van der Waals surface area contributed by atoms with Crippen molar-refractivity contribution in [3.8, 4) is 0 Å². The van der Waals surface area contributed by atoms with E-state index >= 15 is 0 Å². The zero-order chi connectivity index (χ0) is 14.4. The Balaban J connectivity index is 2.08. The van der Waals surface area contributed by atoms with Crippen LogP contribution in [0, 0.1) is 5.92 Å². The molecule has 0 fully saturated rings. The van der Waals surface area contributed by atoms with Crippen LogP contribution in [0.15, 0.2) is 53.1 Å². The second kappa shape index (κ2) is 7.30. The quantitative estimate of drug-likeness (QED) is 0.783. The third-order valence-electron chi connectivity index (χ3n) is 3.59. The van der Waals surface area contributed by atoms with E-state index in [1.807, 2.05) is 18.2 Å². The van der Waals surface area contributed by atoms with Gasteiger partial charge in [-0.05, 0) is 43.4 Å². The largest absolute Gasteiger partial charge is 0.467 e. The molecule has 108 valence electrons. The van der Waals surface area contributed by atoms with Crippen LogP contribution in [-0.4, -0.2) is 6.04 Å². The fourth-order valence-corrected chi connectivity index (χ4v) is 2.39. The molecule has 1 heterocycles. The predicted octanol–water partition coefficient (Wildman–Crippen LogP) is 4.78. The van der Waals surface area contributed by atoms with E-state index in [9.17, 15) is 0 Å². The van der Waals surface area contributed by atoms with Gasteiger partial charge >= 0.3 is 0 Å². The lowest BCUT2D eigenvalue weighted by atomic mass is 10.0. The van der Waals surface area contributed by atoms with E-state index in [0.717, 1.165) is 11.7 Å². The Hall–Kier alpha value is -1.54. The van der Waals surface area contributed by atoms with Gasteiger partial charge < -0.3 is 9.73 Å². The summed E-state index contributed by atoms with van der Waals surface area (Å²) in [4.78, 5) is 0. The summed E-state index contributed by atoms with van der Waals surface area (Å²) in [5.74, 6) is 1.73. The third kappa shape index (κ3) is 4.24. The van der Waals surface area contributed by atoms with Gasteiger partial charge in [0.1, 0.15) is 5.76 Å². The van der Waals surface area contributed by atoms with Crippen molar-refractivity contribution in [3.05, 3.63) is 60.1 Å². The standard InChI is InChI=1S/C18H25NO/c1-14(2)11-12-15(3)19-18(17-10-7-13-20-17)16-8-5-4-6-9-16/h4-10,13-15,18-19H,11-12H2,1-3H3. The van der Waals surface area contributed by atoms with Crippen LogP contribution in [-0.2, 0) is 0 Å². The summed E-state index contributed by atoms with van der Waals surface area (Å²) in [5, 5.41) is 3.70. The minimum absolute atomic E-state index is 0.133. The molecule has 2 atom stereocenters. The van der Waals surface area contributed by atoms with Crippen molar-refractivity contribution in [2.45, 2.75) is 45.7 Å². The summed E-state index contributed by atoms with van der Waals surface area (Å²) >= 11 is 0. The van der Waals surface area contributed by atoms with Crippen molar-refractivity contribution >= 4 is 0 Å². The highest BCUT2D eigenvalue weighted by molar-refractivity contribution is 5.26. The number of rotatable bonds is 7. The van der Waals surface area contributed by atoms with Gasteiger partial charge in [-0.1, -0.05) is 44.2 Å². The van der Waals surface area contributed by atoms with Crippen molar-refractivity contribution in [1.82, 2.24) is 5.32 Å². The molecule has 0 aliphatic carbocycles. The summed E-state index contributed by atoms with van der Waals surface area (Å²) in [6.45, 7) is 6.79. The third-order valence-corrected chi connectivity index (χ3v) is 3.59. The van der Waals surface area contributed by atoms with E-state index in [1.165, 1.54) is 18.4 Å². The normalized spacial score (nSPS) is 14.4. The first-order valence-corrected chi connectivity index (χ1v) is 7.51. The summed E-state index contributed by atoms with van der Waals surface area (Å²) < 4.78 is 5.61. The Morgan fingerprint density at radius 3 is 2.30 bits per heavy atom. The molecule has 1 aromatic heterocycles. The SMILES string of the molecule is CC(C)CCC(C)NC(c1ccccc1)c1ccco1. The van der Waals surface area contributed by atoms with Gasteiger partial charge in [0.05, 0.1) is 12.3 Å². The summed E-state index contributed by atoms with van der Waals surface area (Å²) in [5.41, 5.74) is 1.25. The number of furan rings is 1. The molecular weight excluding hydrogens is 246 g/mol. The molecule has 2 unspecified atom stereocenters. The summed E-state index contributed by atoms with van der Waals surface area (Å²) in [6, 6.07) is 15.1. The van der Waals surface area contributed by atoms with Crippen molar-refractivity contribution < 1.29 is 4.42 Å². The van der Waals surface area contributed by atoms with Crippen molar-refractivity contribution in [2.75, 3.05) is 0 Å². The maximum atomic E-state index is 5.61. The lowest BCUT2D eigenvalue weighted by molar-refractivity contribution is 0.386. The molecule has 0 spiro atoms. The van der Waals surface area contributed by atoms with E-state index in [0.29, 0.717) is 6.04 Å². The zero-order valence-corrected chi connectivity index (χ0v) is 12.7. The van der Waals surface area contributed by atoms with Crippen LogP contribution in [0.25, 0.3) is 0 Å².